The Labute approximate surface area is 93.1 Å². The van der Waals surface area contributed by atoms with E-state index in [9.17, 15) is 0 Å². The Balaban J connectivity index is 2.01. The Hall–Kier alpha value is -2.22. The lowest BCUT2D eigenvalue weighted by atomic mass is 10.2. The Bertz CT molecular complexity index is 596. The van der Waals surface area contributed by atoms with Crippen molar-refractivity contribution >= 4 is 11.0 Å². The van der Waals surface area contributed by atoms with Crippen LogP contribution in [0.2, 0.25) is 0 Å². The van der Waals surface area contributed by atoms with Crippen molar-refractivity contribution in [1.29, 1.82) is 0 Å². The molecule has 3 rings (SSSR count). The number of furan rings is 1. The lowest BCUT2D eigenvalue weighted by Gasteiger charge is -2.01. The van der Waals surface area contributed by atoms with Gasteiger partial charge in [0.25, 0.3) is 0 Å². The maximum absolute atomic E-state index is 5.72. The van der Waals surface area contributed by atoms with Crippen molar-refractivity contribution in [2.75, 3.05) is 0 Å². The largest absolute Gasteiger partial charge is 0.460 e. The fraction of sp³-hybridized carbons (Fsp3) is 0. The predicted octanol–water partition coefficient (Wildman–Crippen LogP) is 4.03. The summed E-state index contributed by atoms with van der Waals surface area (Å²) in [5, 5.41) is 0.982. The van der Waals surface area contributed by atoms with Gasteiger partial charge >= 0.3 is 0 Å². The minimum absolute atomic E-state index is 0.738. The van der Waals surface area contributed by atoms with Gasteiger partial charge in [-0.1, -0.05) is 24.3 Å². The summed E-state index contributed by atoms with van der Waals surface area (Å²) in [4.78, 5) is 0. The maximum atomic E-state index is 5.72. The van der Waals surface area contributed by atoms with Crippen LogP contribution in [0, 0.1) is 6.07 Å². The number of rotatable bonds is 2. The summed E-state index contributed by atoms with van der Waals surface area (Å²) < 4.78 is 11.1. The molecule has 16 heavy (non-hydrogen) atoms. The van der Waals surface area contributed by atoms with Crippen LogP contribution in [-0.4, -0.2) is 0 Å². The highest BCUT2D eigenvalue weighted by Gasteiger charge is 2.06. The minimum atomic E-state index is 0.738. The van der Waals surface area contributed by atoms with Gasteiger partial charge in [0.1, 0.15) is 17.6 Å². The van der Waals surface area contributed by atoms with Gasteiger partial charge in [0.15, 0.2) is 5.75 Å². The van der Waals surface area contributed by atoms with Gasteiger partial charge in [-0.15, -0.1) is 0 Å². The van der Waals surface area contributed by atoms with Crippen LogP contribution < -0.4 is 4.74 Å². The van der Waals surface area contributed by atoms with Crippen molar-refractivity contribution in [2.24, 2.45) is 0 Å². The Morgan fingerprint density at radius 2 is 1.81 bits per heavy atom. The standard InChI is InChI=1S/C14H9O2/c1-2-6-11(7-3-1)16-14-10-15-13-9-5-4-8-12(13)14/h2-10H. The predicted molar refractivity (Wildman–Crippen MR) is 61.6 cm³/mol. The zero-order chi connectivity index (χ0) is 10.8. The Morgan fingerprint density at radius 3 is 2.69 bits per heavy atom. The fourth-order valence-corrected chi connectivity index (χ4v) is 1.60. The SMILES string of the molecule is [c]1ccc(Oc2coc3ccccc23)cc1. The first kappa shape index (κ1) is 9.04. The van der Waals surface area contributed by atoms with Gasteiger partial charge in [-0.05, 0) is 30.3 Å². The average molecular weight is 209 g/mol. The smallest absolute Gasteiger partial charge is 0.173 e. The van der Waals surface area contributed by atoms with E-state index in [4.69, 9.17) is 9.15 Å². The molecule has 0 spiro atoms. The van der Waals surface area contributed by atoms with Crippen LogP contribution in [0.3, 0.4) is 0 Å². The van der Waals surface area contributed by atoms with Crippen LogP contribution in [0.4, 0.5) is 0 Å². The van der Waals surface area contributed by atoms with Gasteiger partial charge < -0.3 is 9.15 Å². The highest BCUT2D eigenvalue weighted by Crippen LogP contribution is 2.31. The van der Waals surface area contributed by atoms with Gasteiger partial charge in [-0.3, -0.25) is 0 Å². The molecule has 0 aliphatic heterocycles. The number of hydrogen-bond donors (Lipinski definition) is 0. The topological polar surface area (TPSA) is 22.4 Å². The molecule has 2 heteroatoms. The van der Waals surface area contributed by atoms with Crippen LogP contribution in [0.5, 0.6) is 11.5 Å². The molecule has 0 aliphatic rings. The molecule has 0 saturated carbocycles. The van der Waals surface area contributed by atoms with E-state index in [2.05, 4.69) is 6.07 Å². The summed E-state index contributed by atoms with van der Waals surface area (Å²) in [6, 6.07) is 18.1. The Morgan fingerprint density at radius 1 is 1.00 bits per heavy atom. The van der Waals surface area contributed by atoms with Crippen LogP contribution >= 0.6 is 0 Å². The van der Waals surface area contributed by atoms with Gasteiger partial charge in [-0.25, -0.2) is 0 Å². The lowest BCUT2D eigenvalue weighted by Crippen LogP contribution is -1.81. The molecule has 0 fully saturated rings. The normalized spacial score (nSPS) is 10.5. The molecule has 1 aromatic heterocycles. The third-order valence-corrected chi connectivity index (χ3v) is 2.36. The van der Waals surface area contributed by atoms with Crippen LogP contribution in [0.1, 0.15) is 0 Å². The number of fused-ring (bicyclic) bond motifs is 1. The first-order valence-electron chi connectivity index (χ1n) is 5.04. The molecule has 2 nitrogen and oxygen atoms in total. The summed E-state index contributed by atoms with van der Waals surface area (Å²) in [5.41, 5.74) is 0.833. The quantitative estimate of drug-likeness (QED) is 0.635. The highest BCUT2D eigenvalue weighted by atomic mass is 16.5. The van der Waals surface area contributed by atoms with Crippen molar-refractivity contribution < 1.29 is 9.15 Å². The van der Waals surface area contributed by atoms with E-state index in [1.54, 1.807) is 6.26 Å². The first-order valence-corrected chi connectivity index (χ1v) is 5.04. The van der Waals surface area contributed by atoms with Crippen molar-refractivity contribution in [3.8, 4) is 11.5 Å². The Kier molecular flexibility index (Phi) is 2.11. The summed E-state index contributed by atoms with van der Waals surface area (Å²) in [5.74, 6) is 1.52. The van der Waals surface area contributed by atoms with E-state index < -0.39 is 0 Å². The maximum Gasteiger partial charge on any atom is 0.173 e. The fourth-order valence-electron chi connectivity index (χ4n) is 1.60. The number of ether oxygens (including phenoxy) is 1. The van der Waals surface area contributed by atoms with E-state index in [-0.39, 0.29) is 0 Å². The van der Waals surface area contributed by atoms with Gasteiger partial charge in [0.2, 0.25) is 0 Å². The second-order valence-corrected chi connectivity index (χ2v) is 3.43. The summed E-state index contributed by atoms with van der Waals surface area (Å²) in [6.07, 6.45) is 1.63. The zero-order valence-corrected chi connectivity index (χ0v) is 8.51. The zero-order valence-electron chi connectivity index (χ0n) is 8.51. The van der Waals surface area contributed by atoms with Crippen molar-refractivity contribution in [3.05, 3.63) is 60.9 Å². The number of benzene rings is 2. The second kappa shape index (κ2) is 3.74. The van der Waals surface area contributed by atoms with Crippen LogP contribution in [0.15, 0.2) is 59.2 Å². The monoisotopic (exact) mass is 209 g/mol. The van der Waals surface area contributed by atoms with Crippen LogP contribution in [0.25, 0.3) is 11.0 Å². The van der Waals surface area contributed by atoms with E-state index in [1.165, 1.54) is 0 Å². The highest BCUT2D eigenvalue weighted by molar-refractivity contribution is 5.84. The summed E-state index contributed by atoms with van der Waals surface area (Å²) >= 11 is 0. The van der Waals surface area contributed by atoms with E-state index in [0.29, 0.717) is 0 Å². The number of hydrogen-bond acceptors (Lipinski definition) is 2. The molecule has 0 saturated heterocycles. The molecule has 0 bridgehead atoms. The van der Waals surface area contributed by atoms with Gasteiger partial charge in [0.05, 0.1) is 5.39 Å². The molecular formula is C14H9O2. The molecule has 77 valence electrons. The molecule has 0 unspecified atom stereocenters. The molecule has 2 aromatic carbocycles. The van der Waals surface area contributed by atoms with E-state index in [0.717, 1.165) is 22.5 Å². The van der Waals surface area contributed by atoms with Crippen molar-refractivity contribution in [3.63, 3.8) is 0 Å². The third kappa shape index (κ3) is 1.54. The minimum Gasteiger partial charge on any atom is -0.460 e. The van der Waals surface area contributed by atoms with Crippen molar-refractivity contribution in [1.82, 2.24) is 0 Å². The molecule has 1 heterocycles. The molecule has 0 amide bonds. The third-order valence-electron chi connectivity index (χ3n) is 2.36. The summed E-state index contributed by atoms with van der Waals surface area (Å²) in [6.45, 7) is 0. The van der Waals surface area contributed by atoms with Gasteiger partial charge in [-0.2, -0.15) is 0 Å². The lowest BCUT2D eigenvalue weighted by molar-refractivity contribution is 0.472. The van der Waals surface area contributed by atoms with Gasteiger partial charge in [0, 0.05) is 0 Å². The molecular weight excluding hydrogens is 200 g/mol. The van der Waals surface area contributed by atoms with Crippen LogP contribution in [-0.2, 0) is 0 Å². The summed E-state index contributed by atoms with van der Waals surface area (Å²) in [7, 11) is 0. The van der Waals surface area contributed by atoms with E-state index in [1.807, 2.05) is 48.5 Å². The average Bonchev–Trinajstić information content (AvgIpc) is 2.74. The molecule has 1 radical (unpaired) electrons. The molecule has 0 aliphatic carbocycles. The van der Waals surface area contributed by atoms with E-state index >= 15 is 0 Å². The second-order valence-electron chi connectivity index (χ2n) is 3.43. The first-order chi connectivity index (χ1) is 7.93. The molecule has 0 N–H and O–H groups in total. The van der Waals surface area contributed by atoms with Crippen molar-refractivity contribution in [2.45, 2.75) is 0 Å². The number of para-hydroxylation sites is 1. The molecule has 0 atom stereocenters. The molecule has 3 aromatic rings.